The normalized spacial score (nSPS) is 17.1. The molecular weight excluding hydrogens is 455 g/mol. The third kappa shape index (κ3) is 2.71. The fourth-order valence-electron chi connectivity index (χ4n) is 0.701. The predicted molar refractivity (Wildman–Crippen MR) is 69.2 cm³/mol. The van der Waals surface area contributed by atoms with E-state index in [0.29, 0.717) is 0 Å². The van der Waals surface area contributed by atoms with Gasteiger partial charge in [-0.25, -0.2) is 4.68 Å². The number of hydrogen-bond donors (Lipinski definition) is 0. The number of rotatable bonds is 1. The molecule has 1 aromatic heterocycles. The van der Waals surface area contributed by atoms with Crippen LogP contribution in [-0.4, -0.2) is 11.9 Å². The Bertz CT molecular complexity index is 304. The van der Waals surface area contributed by atoms with Gasteiger partial charge in [0, 0.05) is 6.20 Å². The molecule has 1 unspecified atom stereocenters. The molecule has 1 atom stereocenters. The van der Waals surface area contributed by atoms with Crippen molar-refractivity contribution in [1.82, 2.24) is 9.78 Å². The Hall–Kier alpha value is 1.42. The van der Waals surface area contributed by atoms with Gasteiger partial charge in [-0.2, -0.15) is 5.10 Å². The molecule has 0 spiro atoms. The van der Waals surface area contributed by atoms with Gasteiger partial charge in [-0.3, -0.25) is 0 Å². The topological polar surface area (TPSA) is 17.8 Å². The van der Waals surface area contributed by atoms with E-state index in [0.717, 1.165) is 5.69 Å². The van der Waals surface area contributed by atoms with Crippen molar-refractivity contribution in [3.05, 3.63) is 18.0 Å². The molecule has 0 fully saturated rings. The lowest BCUT2D eigenvalue weighted by molar-refractivity contribution is 0.580. The second-order valence-corrected chi connectivity index (χ2v) is 11.4. The van der Waals surface area contributed by atoms with Crippen molar-refractivity contribution in [3.63, 3.8) is 0 Å². The molecular formula is C6H5Br4ClN2. The number of nitrogens with zero attached hydrogens (tertiary/aromatic N) is 2. The average molecular weight is 460 g/mol. The van der Waals surface area contributed by atoms with Crippen molar-refractivity contribution in [1.29, 1.82) is 0 Å². The Kier molecular flexibility index (Phi) is 3.96. The van der Waals surface area contributed by atoms with Crippen LogP contribution in [0.25, 0.3) is 0 Å². The van der Waals surface area contributed by atoms with Crippen LogP contribution < -0.4 is 0 Å². The molecule has 0 aliphatic carbocycles. The quantitative estimate of drug-likeness (QED) is 0.573. The molecule has 0 radical (unpaired) electrons. The highest BCUT2D eigenvalue weighted by molar-refractivity contribution is 9.40. The van der Waals surface area contributed by atoms with Crippen molar-refractivity contribution in [3.8, 4) is 0 Å². The lowest BCUT2D eigenvalue weighted by atomic mass is 10.5. The molecule has 2 nitrogen and oxygen atoms in total. The lowest BCUT2D eigenvalue weighted by Gasteiger charge is -2.29. The van der Waals surface area contributed by atoms with E-state index in [4.69, 9.17) is 11.6 Å². The number of aromatic nitrogens is 2. The van der Waals surface area contributed by atoms with Gasteiger partial charge in [-0.15, -0.1) is 0 Å². The summed E-state index contributed by atoms with van der Waals surface area (Å²) >= 11 is 19.6. The first-order chi connectivity index (χ1) is 5.75. The maximum Gasteiger partial charge on any atom is 0.224 e. The standard InChI is InChI=1S/C6H5Br4ClN2/c1-4-2-3-13(12-4)6(10,11)5(7,8)9/h2-3H,1H3. The van der Waals surface area contributed by atoms with E-state index in [-0.39, 0.29) is 0 Å². The third-order valence-electron chi connectivity index (χ3n) is 1.35. The zero-order valence-electron chi connectivity index (χ0n) is 6.44. The Morgan fingerprint density at radius 1 is 1.38 bits per heavy atom. The summed E-state index contributed by atoms with van der Waals surface area (Å²) in [5.74, 6) is 0. The Morgan fingerprint density at radius 2 is 1.92 bits per heavy atom. The molecule has 0 N–H and O–H groups in total. The Labute approximate surface area is 115 Å². The van der Waals surface area contributed by atoms with E-state index in [1.165, 1.54) is 0 Å². The molecule has 0 aliphatic rings. The first-order valence-corrected chi connectivity index (χ1v) is 6.77. The maximum atomic E-state index is 6.23. The summed E-state index contributed by atoms with van der Waals surface area (Å²) in [6, 6.07) is 1.87. The first kappa shape index (κ1) is 12.5. The molecule has 0 saturated carbocycles. The maximum absolute atomic E-state index is 6.23. The van der Waals surface area contributed by atoms with E-state index in [2.05, 4.69) is 68.8 Å². The second kappa shape index (κ2) is 4.12. The van der Waals surface area contributed by atoms with Crippen LogP contribution in [0.3, 0.4) is 0 Å². The highest BCUT2D eigenvalue weighted by Gasteiger charge is 2.45. The molecule has 0 aromatic carbocycles. The van der Waals surface area contributed by atoms with Gasteiger partial charge in [0.05, 0.1) is 5.69 Å². The summed E-state index contributed by atoms with van der Waals surface area (Å²) in [5, 5.41) is 4.20. The van der Waals surface area contributed by atoms with Crippen molar-refractivity contribution in [2.75, 3.05) is 0 Å². The van der Waals surface area contributed by atoms with Crippen LogP contribution in [0, 0.1) is 6.92 Å². The van der Waals surface area contributed by atoms with Crippen molar-refractivity contribution < 1.29 is 0 Å². The van der Waals surface area contributed by atoms with Gasteiger partial charge in [-0.1, -0.05) is 59.4 Å². The average Bonchev–Trinajstić information content (AvgIpc) is 2.33. The van der Waals surface area contributed by atoms with Gasteiger partial charge < -0.3 is 0 Å². The molecule has 1 aromatic rings. The predicted octanol–water partition coefficient (Wildman–Crippen LogP) is 4.27. The van der Waals surface area contributed by atoms with Crippen molar-refractivity contribution >= 4 is 75.3 Å². The van der Waals surface area contributed by atoms with Crippen molar-refractivity contribution in [2.24, 2.45) is 0 Å². The van der Waals surface area contributed by atoms with Crippen LogP contribution in [-0.2, 0) is 3.91 Å². The van der Waals surface area contributed by atoms with Crippen LogP contribution >= 0.6 is 75.3 Å². The van der Waals surface area contributed by atoms with Gasteiger partial charge >= 0.3 is 0 Å². The Balaban J connectivity index is 3.07. The summed E-state index contributed by atoms with van der Waals surface area (Å²) in [7, 11) is 0. The number of aryl methyl sites for hydroxylation is 1. The first-order valence-electron chi connectivity index (χ1n) is 3.22. The monoisotopic (exact) mass is 456 g/mol. The zero-order chi connectivity index (χ0) is 10.3. The van der Waals surface area contributed by atoms with E-state index in [1.54, 1.807) is 10.9 Å². The zero-order valence-corrected chi connectivity index (χ0v) is 13.5. The van der Waals surface area contributed by atoms with Gasteiger partial charge in [0.25, 0.3) is 0 Å². The lowest BCUT2D eigenvalue weighted by Crippen LogP contribution is -2.33. The van der Waals surface area contributed by atoms with E-state index in [1.807, 2.05) is 13.0 Å². The van der Waals surface area contributed by atoms with Crippen molar-refractivity contribution in [2.45, 2.75) is 13.0 Å². The number of alkyl halides is 5. The summed E-state index contributed by atoms with van der Waals surface area (Å²) < 4.78 is 0.0242. The third-order valence-corrected chi connectivity index (χ3v) is 6.77. The minimum atomic E-state index is -0.908. The number of halogens is 5. The summed E-state index contributed by atoms with van der Waals surface area (Å²) in [6.45, 7) is 1.90. The smallest absolute Gasteiger partial charge is 0.224 e. The molecule has 0 amide bonds. The van der Waals surface area contributed by atoms with Crippen LogP contribution in [0.4, 0.5) is 0 Å². The minimum Gasteiger partial charge on any atom is -0.238 e. The van der Waals surface area contributed by atoms with Crippen LogP contribution in [0.15, 0.2) is 12.3 Å². The SMILES string of the molecule is Cc1ccn(C(Cl)(Br)C(Br)(Br)Br)n1. The summed E-state index contributed by atoms with van der Waals surface area (Å²) in [5.41, 5.74) is 0.904. The molecule has 0 aliphatic heterocycles. The van der Waals surface area contributed by atoms with Gasteiger partial charge in [0.15, 0.2) is 2.14 Å². The summed E-state index contributed by atoms with van der Waals surface area (Å²) in [4.78, 5) is 0. The fraction of sp³-hybridized carbons (Fsp3) is 0.500. The van der Waals surface area contributed by atoms with Crippen LogP contribution in [0.2, 0.25) is 0 Å². The molecule has 0 saturated heterocycles. The van der Waals surface area contributed by atoms with Crippen LogP contribution in [0.5, 0.6) is 0 Å². The molecule has 1 rings (SSSR count). The molecule has 7 heteroatoms. The van der Waals surface area contributed by atoms with Gasteiger partial charge in [-0.05, 0) is 28.9 Å². The van der Waals surface area contributed by atoms with E-state index >= 15 is 0 Å². The minimum absolute atomic E-state index is 0.667. The second-order valence-electron chi connectivity index (χ2n) is 2.44. The highest BCUT2D eigenvalue weighted by atomic mass is 80.0. The summed E-state index contributed by atoms with van der Waals surface area (Å²) in [6.07, 6.45) is 1.79. The van der Waals surface area contributed by atoms with Crippen LogP contribution in [0.1, 0.15) is 5.69 Å². The molecule has 74 valence electrons. The highest BCUT2D eigenvalue weighted by Crippen LogP contribution is 2.54. The number of hydrogen-bond acceptors (Lipinski definition) is 1. The largest absolute Gasteiger partial charge is 0.238 e. The van der Waals surface area contributed by atoms with E-state index in [9.17, 15) is 0 Å². The molecule has 13 heavy (non-hydrogen) atoms. The Morgan fingerprint density at radius 3 is 2.23 bits per heavy atom. The van der Waals surface area contributed by atoms with Gasteiger partial charge in [0.1, 0.15) is 0 Å². The fourth-order valence-corrected chi connectivity index (χ4v) is 1.54. The van der Waals surface area contributed by atoms with Gasteiger partial charge in [0.2, 0.25) is 3.91 Å². The molecule has 0 bridgehead atoms. The van der Waals surface area contributed by atoms with E-state index < -0.39 is 6.05 Å². The molecule has 1 heterocycles.